The number of aromatic nitrogens is 2. The second kappa shape index (κ2) is 14.0. The molecule has 0 bridgehead atoms. The molecule has 0 fully saturated rings. The number of sulfone groups is 2. The number of hydrogen-bond donors (Lipinski definition) is 4. The van der Waals surface area contributed by atoms with Crippen molar-refractivity contribution in [3.63, 3.8) is 0 Å². The van der Waals surface area contributed by atoms with Gasteiger partial charge in [-0.3, -0.25) is 4.79 Å². The van der Waals surface area contributed by atoms with Crippen molar-refractivity contribution in [2.24, 2.45) is 0 Å². The number of Topliss-reactive ketones (excluding diaryl/α,β-unsaturated/α-hetero) is 1. The van der Waals surface area contributed by atoms with Gasteiger partial charge in [-0.2, -0.15) is 0 Å². The van der Waals surface area contributed by atoms with Crippen molar-refractivity contribution in [3.8, 4) is 11.5 Å². The molecule has 2 heterocycles. The monoisotopic (exact) mass is 776 g/mol. The summed E-state index contributed by atoms with van der Waals surface area (Å²) < 4.78 is 54.7. The molecule has 0 amide bonds. The Balaban J connectivity index is 1.55. The van der Waals surface area contributed by atoms with Gasteiger partial charge in [-0.15, -0.1) is 0 Å². The van der Waals surface area contributed by atoms with Gasteiger partial charge in [0.1, 0.15) is 21.6 Å². The third kappa shape index (κ3) is 6.89. The number of nitrogens with one attached hydrogen (secondary N) is 2. The minimum atomic E-state index is -4.06. The van der Waals surface area contributed by atoms with Crippen LogP contribution in [0, 0.1) is 27.7 Å². The highest BCUT2D eigenvalue weighted by molar-refractivity contribution is 7.91. The normalized spacial score (nSPS) is 13.2. The lowest BCUT2D eigenvalue weighted by Gasteiger charge is -2.25. The number of phenols is 2. The molecular weight excluding hydrogens is 743 g/mol. The van der Waals surface area contributed by atoms with Crippen LogP contribution in [0.15, 0.2) is 117 Å². The summed E-state index contributed by atoms with van der Waals surface area (Å²) in [5.74, 6) is -3.97. The molecule has 6 aromatic rings. The fraction of sp³-hybridized carbons (Fsp3) is 0.154. The first kappa shape index (κ1) is 37.0. The average molecular weight is 778 g/mol. The van der Waals surface area contributed by atoms with E-state index in [-0.39, 0.29) is 63.6 Å². The molecule has 4 N–H and O–H groups in total. The van der Waals surface area contributed by atoms with Crippen LogP contribution in [-0.2, 0) is 24.5 Å². The number of benzene rings is 4. The lowest BCUT2D eigenvalue weighted by Crippen LogP contribution is -2.23. The predicted octanol–water partition coefficient (Wildman–Crippen LogP) is 8.49. The molecule has 0 aliphatic carbocycles. The number of carbonyl (C=O) groups is 1. The maximum Gasteiger partial charge on any atom is 0.221 e. The topological polar surface area (TPSA) is 157 Å². The van der Waals surface area contributed by atoms with Gasteiger partial charge < -0.3 is 20.2 Å². The van der Waals surface area contributed by atoms with Gasteiger partial charge in [0.2, 0.25) is 19.7 Å². The van der Waals surface area contributed by atoms with Crippen LogP contribution in [0.2, 0.25) is 10.0 Å². The van der Waals surface area contributed by atoms with Crippen LogP contribution in [0.4, 0.5) is 0 Å². The minimum absolute atomic E-state index is 0.0358. The van der Waals surface area contributed by atoms with Gasteiger partial charge in [0, 0.05) is 33.6 Å². The summed E-state index contributed by atoms with van der Waals surface area (Å²) in [6.07, 6.45) is 2.75. The van der Waals surface area contributed by atoms with Gasteiger partial charge in [0.25, 0.3) is 0 Å². The smallest absolute Gasteiger partial charge is 0.221 e. The van der Waals surface area contributed by atoms with E-state index >= 15 is 4.79 Å². The summed E-state index contributed by atoms with van der Waals surface area (Å²) in [6, 6.07) is 21.0. The van der Waals surface area contributed by atoms with Crippen LogP contribution in [0.25, 0.3) is 0 Å². The van der Waals surface area contributed by atoms with E-state index in [0.717, 1.165) is 11.1 Å². The molecule has 0 saturated heterocycles. The van der Waals surface area contributed by atoms with Crippen molar-refractivity contribution < 1.29 is 31.8 Å². The Hall–Kier alpha value is -4.81. The first-order valence-electron chi connectivity index (χ1n) is 16.0. The molecule has 9 nitrogen and oxygen atoms in total. The van der Waals surface area contributed by atoms with Crippen molar-refractivity contribution >= 4 is 48.7 Å². The van der Waals surface area contributed by atoms with E-state index in [9.17, 15) is 27.0 Å². The Labute approximate surface area is 311 Å². The van der Waals surface area contributed by atoms with Gasteiger partial charge in [-0.1, -0.05) is 58.6 Å². The third-order valence-electron chi connectivity index (χ3n) is 9.07. The number of ketones is 1. The number of carbonyl (C=O) groups excluding carboxylic acids is 1. The van der Waals surface area contributed by atoms with Crippen molar-refractivity contribution in [1.29, 1.82) is 0 Å². The van der Waals surface area contributed by atoms with Crippen LogP contribution in [-0.4, -0.2) is 42.8 Å². The van der Waals surface area contributed by atoms with E-state index in [2.05, 4.69) is 9.97 Å². The molecule has 0 saturated carbocycles. The van der Waals surface area contributed by atoms with Crippen LogP contribution in [0.3, 0.4) is 0 Å². The Morgan fingerprint density at radius 1 is 0.577 bits per heavy atom. The zero-order valence-corrected chi connectivity index (χ0v) is 31.5. The van der Waals surface area contributed by atoms with Crippen molar-refractivity contribution in [2.75, 3.05) is 0 Å². The molecule has 0 radical (unpaired) electrons. The van der Waals surface area contributed by atoms with E-state index in [0.29, 0.717) is 11.1 Å². The van der Waals surface area contributed by atoms with E-state index in [1.165, 1.54) is 73.1 Å². The lowest BCUT2D eigenvalue weighted by molar-refractivity contribution is -0.120. The Morgan fingerprint density at radius 3 is 1.27 bits per heavy atom. The summed E-state index contributed by atoms with van der Waals surface area (Å²) in [5, 5.41) is 22.6. The standard InChI is InChI=1S/C39H34Cl2N2O7S2/c1-21-5-9-27(10-6-21)51(47,48)35-15-25(19-42-35)37(29-13-23(3)31(40)17-33(29)44)39(46)38(30-14-24(4)32(41)18-34(30)45)26-16-36(43-20-26)52(49,50)28-11-7-22(2)8-12-28/h5-20,37-38,42-45H,1-4H3. The molecule has 2 aromatic heterocycles. The maximum atomic E-state index is 15.3. The van der Waals surface area contributed by atoms with Gasteiger partial charge in [-0.05, 0) is 111 Å². The fourth-order valence-electron chi connectivity index (χ4n) is 6.12. The number of aromatic amines is 2. The zero-order valence-electron chi connectivity index (χ0n) is 28.4. The number of halogens is 2. The Morgan fingerprint density at radius 2 is 0.923 bits per heavy atom. The highest BCUT2D eigenvalue weighted by Gasteiger charge is 2.38. The first-order chi connectivity index (χ1) is 24.5. The van der Waals surface area contributed by atoms with Crippen LogP contribution in [0.1, 0.15) is 56.3 Å². The molecule has 2 unspecified atom stereocenters. The van der Waals surface area contributed by atoms with Gasteiger partial charge in [0.05, 0.1) is 21.6 Å². The van der Waals surface area contributed by atoms with E-state index in [4.69, 9.17) is 23.2 Å². The zero-order chi connectivity index (χ0) is 37.7. The molecule has 268 valence electrons. The first-order valence-corrected chi connectivity index (χ1v) is 19.7. The molecule has 2 atom stereocenters. The summed E-state index contributed by atoms with van der Waals surface area (Å²) in [4.78, 5) is 20.9. The van der Waals surface area contributed by atoms with Crippen molar-refractivity contribution in [2.45, 2.75) is 59.4 Å². The van der Waals surface area contributed by atoms with E-state index in [1.807, 2.05) is 13.8 Å². The molecule has 13 heteroatoms. The third-order valence-corrected chi connectivity index (χ3v) is 13.3. The van der Waals surface area contributed by atoms with Crippen LogP contribution in [0.5, 0.6) is 11.5 Å². The molecular formula is C39H34Cl2N2O7S2. The van der Waals surface area contributed by atoms with Gasteiger partial charge in [-0.25, -0.2) is 16.8 Å². The summed E-state index contributed by atoms with van der Waals surface area (Å²) in [6.45, 7) is 7.05. The molecule has 0 aliphatic rings. The second-order valence-corrected chi connectivity index (χ2v) is 17.5. The van der Waals surface area contributed by atoms with Gasteiger partial charge >= 0.3 is 0 Å². The number of aromatic hydroxyl groups is 2. The number of phenolic OH excluding ortho intramolecular Hbond substituents is 2. The molecule has 4 aromatic carbocycles. The molecule has 6 rings (SSSR count). The summed E-state index contributed by atoms with van der Waals surface area (Å²) >= 11 is 12.7. The predicted molar refractivity (Wildman–Crippen MR) is 199 cm³/mol. The lowest BCUT2D eigenvalue weighted by atomic mass is 9.77. The maximum absolute atomic E-state index is 15.3. The van der Waals surface area contributed by atoms with E-state index < -0.39 is 37.3 Å². The Bertz CT molecular complexity index is 2380. The number of H-pyrrole nitrogens is 2. The van der Waals surface area contributed by atoms with Crippen LogP contribution >= 0.6 is 23.2 Å². The van der Waals surface area contributed by atoms with E-state index in [1.54, 1.807) is 38.1 Å². The highest BCUT2D eigenvalue weighted by Crippen LogP contribution is 2.44. The quantitative estimate of drug-likeness (QED) is 0.109. The minimum Gasteiger partial charge on any atom is -0.508 e. The fourth-order valence-corrected chi connectivity index (χ4v) is 8.94. The molecule has 52 heavy (non-hydrogen) atoms. The van der Waals surface area contributed by atoms with Crippen molar-refractivity contribution in [1.82, 2.24) is 9.97 Å². The highest BCUT2D eigenvalue weighted by atomic mass is 35.5. The summed E-state index contributed by atoms with van der Waals surface area (Å²) in [5.41, 5.74) is 3.41. The molecule has 0 spiro atoms. The molecule has 0 aliphatic heterocycles. The average Bonchev–Trinajstić information content (AvgIpc) is 3.79. The number of aryl methyl sites for hydroxylation is 4. The van der Waals surface area contributed by atoms with Crippen LogP contribution < -0.4 is 0 Å². The van der Waals surface area contributed by atoms with Crippen molar-refractivity contribution in [3.05, 3.63) is 152 Å². The second-order valence-electron chi connectivity index (χ2n) is 12.8. The SMILES string of the molecule is Cc1ccc(S(=O)(=O)c2cc(C(C(=O)C(c3c[nH]c(S(=O)(=O)c4ccc(C)cc4)c3)c3cc(C)c(Cl)cc3O)c3cc(C)c(Cl)cc3O)c[nH]2)cc1. The summed E-state index contributed by atoms with van der Waals surface area (Å²) in [7, 11) is -8.12. The Kier molecular flexibility index (Phi) is 9.93. The van der Waals surface area contributed by atoms with Gasteiger partial charge in [0.15, 0.2) is 5.78 Å². The number of hydrogen-bond acceptors (Lipinski definition) is 7. The largest absolute Gasteiger partial charge is 0.508 e. The number of rotatable bonds is 10.